The molecule has 0 unspecified atom stereocenters. The first-order valence-corrected chi connectivity index (χ1v) is 45.0. The molecule has 2 heterocycles. The van der Waals surface area contributed by atoms with Crippen molar-refractivity contribution in [2.45, 2.75) is 212 Å². The van der Waals surface area contributed by atoms with Gasteiger partial charge in [0, 0.05) is 69.6 Å². The second-order valence-corrected chi connectivity index (χ2v) is 31.7. The third kappa shape index (κ3) is 60.2. The molecule has 10 aromatic rings. The first-order chi connectivity index (χ1) is 57.6. The second kappa shape index (κ2) is 75.4. The van der Waals surface area contributed by atoms with Crippen molar-refractivity contribution in [2.75, 3.05) is 6.26 Å². The van der Waals surface area contributed by atoms with Crippen LogP contribution in [0, 0.1) is 38.1 Å². The molecule has 0 aliphatic heterocycles. The molecule has 10 rings (SSSR count). The number of benzene rings is 8. The van der Waals surface area contributed by atoms with Crippen molar-refractivity contribution < 1.29 is 236 Å². The standard InChI is InChI=1S/C24H41O2.C15H16O4.C14H21O2.C13H9N4O2S.C9H7N2O2S3.C6H5ClO2.4Na.3O3S.O2S/c1-2-3-4-5-6-7-8-9-10-11-12-13-14-15-16-17-18-22-21-23(25)19-20-24(22)26;1-8-3-12(16)6-10(14(8)18)5-11-7-13(17)4-9(2)15(11)19;1-2-3-4-5-6-7-8-12-11-13(15)9-10-14(12)16;18-10-6-7-11(19)12(8-10)20-13-14-15-16-17(13)9-4-2-1-3-5-9;1-14-8-10-11-9(16-8)15-7-4-5(12)2-3-6(7)13;7-5-3-4(8)1-2-6(5)9;;;;;3*1-4(2)3;1-3-2/h20-21,25-26H,2-18H2,1H3;3-4,6-7,16-19H,5H2,1-2H3;10-11,15-16H,2-8H2,1H3;1-5,7-8,18-19H;3-4,12-13H,1H3;1-3,8-9H;;;;;;;;/q-1;;3*-1;;4*+1;;;;. The number of phenols is 14. The number of aromatic hydroxyl groups is 14. The zero-order chi connectivity index (χ0) is 90.6. The van der Waals surface area contributed by atoms with E-state index in [1.54, 1.807) is 30.7 Å². The van der Waals surface area contributed by atoms with Gasteiger partial charge in [-0.2, -0.15) is 13.1 Å². The molecule has 0 amide bonds. The molecular weight excluding hydrogens is 1840 g/mol. The van der Waals surface area contributed by atoms with E-state index in [4.69, 9.17) is 68.1 Å². The average molecular weight is 1940 g/mol. The van der Waals surface area contributed by atoms with Crippen LogP contribution in [0.25, 0.3) is 5.69 Å². The Bertz CT molecular complexity index is 4960. The first-order valence-electron chi connectivity index (χ1n) is 37.3. The van der Waals surface area contributed by atoms with Crippen molar-refractivity contribution >= 4 is 102 Å². The average Bonchev–Trinajstić information content (AvgIpc) is 1.24. The molecule has 0 bridgehead atoms. The summed E-state index contributed by atoms with van der Waals surface area (Å²) >= 11 is 10.0. The first kappa shape index (κ1) is 125. The predicted octanol–water partition coefficient (Wildman–Crippen LogP) is 4.95. The molecule has 0 radical (unpaired) electrons. The van der Waals surface area contributed by atoms with Crippen LogP contribution in [0.1, 0.15) is 188 Å². The molecule has 31 nitrogen and oxygen atoms in total. The fourth-order valence-electron chi connectivity index (χ4n) is 10.6. The van der Waals surface area contributed by atoms with Crippen LogP contribution in [0.2, 0.25) is 5.02 Å². The molecule has 0 saturated carbocycles. The summed E-state index contributed by atoms with van der Waals surface area (Å²) in [7, 11) is -9.33. The molecule has 8 aromatic carbocycles. The molecule has 0 saturated heterocycles. The summed E-state index contributed by atoms with van der Waals surface area (Å²) in [5.74, 6) is 1.06. The minimum Gasteiger partial charge on any atom is -0.565 e. The molecule has 2 aromatic heterocycles. The van der Waals surface area contributed by atoms with Gasteiger partial charge in [0.05, 0.1) is 10.7 Å². The van der Waals surface area contributed by atoms with Crippen LogP contribution in [0.4, 0.5) is 0 Å². The van der Waals surface area contributed by atoms with Crippen molar-refractivity contribution in [3.8, 4) is 86.2 Å². The maximum absolute atomic E-state index is 9.96. The fraction of sp³-hybridized carbons (Fsp3) is 0.370. The summed E-state index contributed by atoms with van der Waals surface area (Å²) in [6.45, 7) is 7.86. The van der Waals surface area contributed by atoms with E-state index < -0.39 is 43.4 Å². The number of para-hydroxylation sites is 1. The van der Waals surface area contributed by atoms with Crippen LogP contribution >= 0.6 is 58.2 Å². The van der Waals surface area contributed by atoms with Crippen molar-refractivity contribution in [3.05, 3.63) is 184 Å². The number of tetrazole rings is 1. The number of phenolic OH excluding ortho intramolecular Hbond substituents is 14. The number of aryl methyl sites for hydroxylation is 4. The van der Waals surface area contributed by atoms with Gasteiger partial charge in [-0.05, 0) is 108 Å². The fourth-order valence-corrected chi connectivity index (χ4v) is 14.0. The number of halogens is 1. The smallest absolute Gasteiger partial charge is 0.565 e. The van der Waals surface area contributed by atoms with E-state index in [0.717, 1.165) is 62.9 Å². The van der Waals surface area contributed by atoms with Crippen molar-refractivity contribution in [1.29, 1.82) is 0 Å². The Morgan fingerprint density at radius 2 is 0.744 bits per heavy atom. The van der Waals surface area contributed by atoms with Crippen LogP contribution in [0.3, 0.4) is 0 Å². The van der Waals surface area contributed by atoms with E-state index in [-0.39, 0.29) is 210 Å². The van der Waals surface area contributed by atoms with E-state index >= 15 is 0 Å². The van der Waals surface area contributed by atoms with Crippen LogP contribution in [0.5, 0.6) is 80.5 Å². The quantitative estimate of drug-likeness (QED) is 0.00871. The van der Waals surface area contributed by atoms with E-state index in [1.807, 2.05) is 36.6 Å². The van der Waals surface area contributed by atoms with E-state index in [9.17, 15) is 61.3 Å². The number of hydrogen-bond donors (Lipinski definition) is 14. The van der Waals surface area contributed by atoms with Crippen LogP contribution in [-0.4, -0.2) is 154 Å². The molecule has 0 atom stereocenters. The van der Waals surface area contributed by atoms with Gasteiger partial charge in [-0.15, -0.1) is 137 Å². The Balaban J connectivity index is -0.000000685. The summed E-state index contributed by atoms with van der Waals surface area (Å²) in [4.78, 5) is 0.994. The van der Waals surface area contributed by atoms with Crippen LogP contribution in [-0.2, 0) is 62.7 Å². The molecule has 0 aliphatic carbocycles. The molecule has 44 heteroatoms. The van der Waals surface area contributed by atoms with Crippen molar-refractivity contribution in [2.24, 2.45) is 0 Å². The molecule has 0 fully saturated rings. The zero-order valence-electron chi connectivity index (χ0n) is 70.8. The SMILES string of the molecule is CCCCCCCCCCCCCCCCCCc1cc(O)[c-]cc1O.CCCCCCCCc1cc(O)[c-]cc1O.CSc1nnc(Sc2cc(O)[c-]cc2O)s1.Cc1cc(O)cc(Cc2cc(O)cc(C)c2O)c1O.O=S(=O)=O.O=S(=O)=O.O=S(=O)=O.O=S=O.Oc1[c-]cc(O)c(Sc2nnnn2-c2ccccc2)c1.Oc1ccc(O)c(Cl)c1.[Na+].[Na+].[Na+].[Na+]. The van der Waals surface area contributed by atoms with Gasteiger partial charge in [0.2, 0.25) is 5.16 Å². The topological polar surface area (TPSA) is 540 Å². The van der Waals surface area contributed by atoms with Gasteiger partial charge in [-0.25, -0.2) is 0 Å². The largest absolute Gasteiger partial charge is 1.00 e. The zero-order valence-corrected chi connectivity index (χ0v) is 86.1. The van der Waals surface area contributed by atoms with E-state index in [1.165, 1.54) is 242 Å². The normalized spacial score (nSPS) is 9.68. The number of hydrogen-bond acceptors (Lipinski definition) is 34. The summed E-state index contributed by atoms with van der Waals surface area (Å²) < 4.78 is 95.7. The minimum atomic E-state index is -3.11. The van der Waals surface area contributed by atoms with Gasteiger partial charge in [0.1, 0.15) is 34.5 Å². The third-order valence-corrected chi connectivity index (χ3v) is 20.6. The number of aromatic nitrogens is 6. The van der Waals surface area contributed by atoms with Crippen molar-refractivity contribution in [1.82, 2.24) is 30.4 Å². The predicted molar refractivity (Wildman–Crippen MR) is 458 cm³/mol. The van der Waals surface area contributed by atoms with Crippen LogP contribution in [0.15, 0.2) is 145 Å². The van der Waals surface area contributed by atoms with Gasteiger partial charge in [0.15, 0.2) is 8.68 Å². The molecule has 14 N–H and O–H groups in total. The van der Waals surface area contributed by atoms with Gasteiger partial charge in [0.25, 0.3) is 0 Å². The summed E-state index contributed by atoms with van der Waals surface area (Å²) in [6, 6.07) is 40.9. The number of nitrogens with zero attached hydrogens (tertiary/aromatic N) is 6. The van der Waals surface area contributed by atoms with Crippen molar-refractivity contribution in [3.63, 3.8) is 0 Å². The Morgan fingerprint density at radius 3 is 1.10 bits per heavy atom. The molecule has 662 valence electrons. The summed E-state index contributed by atoms with van der Waals surface area (Å²) in [6.07, 6.45) is 33.1. The summed E-state index contributed by atoms with van der Waals surface area (Å²) in [5.41, 5.74) is 4.60. The van der Waals surface area contributed by atoms with Gasteiger partial charge >= 0.3 is 162 Å². The number of rotatable bonds is 32. The number of thioether (sulfide) groups is 1. The van der Waals surface area contributed by atoms with E-state index in [2.05, 4.69) is 63.8 Å². The van der Waals surface area contributed by atoms with Gasteiger partial charge in [-0.1, -0.05) is 236 Å². The maximum Gasteiger partial charge on any atom is 1.00 e. The van der Waals surface area contributed by atoms with Crippen LogP contribution < -0.4 is 118 Å². The second-order valence-electron chi connectivity index (χ2n) is 25.6. The van der Waals surface area contributed by atoms with E-state index in [0.29, 0.717) is 37.2 Å². The molecule has 0 aliphatic rings. The molecule has 0 spiro atoms. The molecule has 125 heavy (non-hydrogen) atoms. The Hall–Kier alpha value is -6.39. The van der Waals surface area contributed by atoms with Gasteiger partial charge in [-0.3, -0.25) is 0 Å². The summed E-state index contributed by atoms with van der Waals surface area (Å²) in [5, 5.41) is 152. The Kier molecular flexibility index (Phi) is 75.4. The maximum atomic E-state index is 9.96. The van der Waals surface area contributed by atoms with Gasteiger partial charge < -0.3 is 71.5 Å². The Morgan fingerprint density at radius 1 is 0.400 bits per heavy atom. The third-order valence-electron chi connectivity index (χ3n) is 16.3. The molecular formula is C81H99ClN6Na4O25S8. The Labute approximate surface area is 846 Å². The number of unbranched alkanes of at least 4 members (excludes halogenated alkanes) is 20. The minimum absolute atomic E-state index is 0. The monoisotopic (exact) mass is 1940 g/mol.